The second-order valence-electron chi connectivity index (χ2n) is 4.55. The van der Waals surface area contributed by atoms with Gasteiger partial charge in [0.15, 0.2) is 0 Å². The minimum Gasteiger partial charge on any atom is -0.323 e. The van der Waals surface area contributed by atoms with Crippen molar-refractivity contribution in [2.24, 2.45) is 5.92 Å². The average Bonchev–Trinajstić information content (AvgIpc) is 2.90. The summed E-state index contributed by atoms with van der Waals surface area (Å²) in [6.45, 7) is 1.79. The number of rotatable bonds is 5. The Morgan fingerprint density at radius 1 is 1.52 bits per heavy atom. The number of nitrogens with one attached hydrogen (secondary N) is 1. The number of hydrogen-bond acceptors (Lipinski definition) is 4. The third-order valence-corrected chi connectivity index (χ3v) is 2.87. The first-order valence-electron chi connectivity index (χ1n) is 6.19. The highest BCUT2D eigenvalue weighted by atomic mass is 19.1. The minimum atomic E-state index is -0.562. The number of aromatic nitrogens is 2. The van der Waals surface area contributed by atoms with E-state index in [1.54, 1.807) is 13.0 Å². The Bertz CT molecular complexity index is 671. The van der Waals surface area contributed by atoms with E-state index in [0.717, 1.165) is 6.20 Å². The number of halogens is 1. The molecule has 21 heavy (non-hydrogen) atoms. The van der Waals surface area contributed by atoms with E-state index >= 15 is 0 Å². The highest BCUT2D eigenvalue weighted by Crippen LogP contribution is 2.15. The highest BCUT2D eigenvalue weighted by molar-refractivity contribution is 5.92. The molecule has 1 N–H and O–H groups in total. The second kappa shape index (κ2) is 6.12. The van der Waals surface area contributed by atoms with Crippen molar-refractivity contribution >= 4 is 17.3 Å². The lowest BCUT2D eigenvalue weighted by molar-refractivity contribution is -0.385. The van der Waals surface area contributed by atoms with Crippen LogP contribution in [0.2, 0.25) is 0 Å². The number of nitro groups is 1. The van der Waals surface area contributed by atoms with Crippen molar-refractivity contribution in [1.29, 1.82) is 0 Å². The van der Waals surface area contributed by atoms with E-state index in [1.165, 1.54) is 29.1 Å². The molecule has 1 aromatic carbocycles. The van der Waals surface area contributed by atoms with Gasteiger partial charge in [-0.25, -0.2) is 4.39 Å². The summed E-state index contributed by atoms with van der Waals surface area (Å²) in [5, 5.41) is 16.8. The maximum absolute atomic E-state index is 13.4. The first kappa shape index (κ1) is 14.6. The van der Waals surface area contributed by atoms with Crippen LogP contribution in [0.15, 0.2) is 36.7 Å². The summed E-state index contributed by atoms with van der Waals surface area (Å²) in [5.41, 5.74) is -0.0440. The third kappa shape index (κ3) is 3.62. The van der Waals surface area contributed by atoms with Gasteiger partial charge in [-0.2, -0.15) is 5.10 Å². The van der Waals surface area contributed by atoms with Crippen LogP contribution in [0.25, 0.3) is 0 Å². The van der Waals surface area contributed by atoms with E-state index < -0.39 is 22.6 Å². The van der Waals surface area contributed by atoms with Crippen LogP contribution in [0.5, 0.6) is 0 Å². The van der Waals surface area contributed by atoms with Crippen LogP contribution in [-0.2, 0) is 11.3 Å². The average molecular weight is 292 g/mol. The minimum absolute atomic E-state index is 0.0980. The Kier molecular flexibility index (Phi) is 4.27. The van der Waals surface area contributed by atoms with E-state index in [4.69, 9.17) is 0 Å². The SMILES string of the molecule is CC(Cn1cc([N+](=O)[O-])cn1)C(=O)Nc1ccccc1F. The van der Waals surface area contributed by atoms with Crippen molar-refractivity contribution in [2.75, 3.05) is 5.32 Å². The zero-order chi connectivity index (χ0) is 15.4. The van der Waals surface area contributed by atoms with Gasteiger partial charge >= 0.3 is 5.69 Å². The molecule has 0 fully saturated rings. The Hall–Kier alpha value is -2.77. The van der Waals surface area contributed by atoms with Crippen LogP contribution >= 0.6 is 0 Å². The molecule has 0 aliphatic carbocycles. The summed E-state index contributed by atoms with van der Waals surface area (Å²) in [5.74, 6) is -1.44. The molecule has 0 aliphatic rings. The maximum atomic E-state index is 13.4. The van der Waals surface area contributed by atoms with Gasteiger partial charge in [-0.1, -0.05) is 19.1 Å². The van der Waals surface area contributed by atoms with E-state index in [9.17, 15) is 19.3 Å². The summed E-state index contributed by atoms with van der Waals surface area (Å²) in [7, 11) is 0. The molecule has 0 bridgehead atoms. The van der Waals surface area contributed by atoms with Gasteiger partial charge in [0, 0.05) is 0 Å². The normalized spacial score (nSPS) is 11.9. The van der Waals surface area contributed by atoms with Crippen molar-refractivity contribution < 1.29 is 14.1 Å². The molecule has 0 spiro atoms. The fourth-order valence-electron chi connectivity index (χ4n) is 1.73. The number of carbonyl (C=O) groups is 1. The lowest BCUT2D eigenvalue weighted by Crippen LogP contribution is -2.25. The zero-order valence-electron chi connectivity index (χ0n) is 11.2. The smallest absolute Gasteiger partial charge is 0.306 e. The molecular weight excluding hydrogens is 279 g/mol. The van der Waals surface area contributed by atoms with Crippen molar-refractivity contribution in [3.63, 3.8) is 0 Å². The Morgan fingerprint density at radius 2 is 2.24 bits per heavy atom. The zero-order valence-corrected chi connectivity index (χ0v) is 11.2. The topological polar surface area (TPSA) is 90.1 Å². The number of amides is 1. The number of benzene rings is 1. The molecule has 2 aromatic rings. The molecule has 0 saturated heterocycles. The summed E-state index contributed by atoms with van der Waals surface area (Å²) in [4.78, 5) is 21.9. The molecule has 1 heterocycles. The number of nitrogens with zero attached hydrogens (tertiary/aromatic N) is 3. The molecule has 0 saturated carbocycles. The molecule has 1 atom stereocenters. The van der Waals surface area contributed by atoms with Crippen molar-refractivity contribution in [3.8, 4) is 0 Å². The molecule has 2 rings (SSSR count). The fourth-order valence-corrected chi connectivity index (χ4v) is 1.73. The molecule has 0 aliphatic heterocycles. The first-order valence-corrected chi connectivity index (χ1v) is 6.19. The molecule has 0 radical (unpaired) electrons. The van der Waals surface area contributed by atoms with Crippen LogP contribution in [0.1, 0.15) is 6.92 Å². The summed E-state index contributed by atoms with van der Waals surface area (Å²) in [6.07, 6.45) is 2.36. The summed E-state index contributed by atoms with van der Waals surface area (Å²) in [6, 6.07) is 5.84. The molecule has 1 aromatic heterocycles. The molecule has 110 valence electrons. The lowest BCUT2D eigenvalue weighted by Gasteiger charge is -2.12. The Morgan fingerprint density at radius 3 is 2.86 bits per heavy atom. The largest absolute Gasteiger partial charge is 0.323 e. The molecular formula is C13H13FN4O3. The third-order valence-electron chi connectivity index (χ3n) is 2.87. The Balaban J connectivity index is 1.99. The summed E-state index contributed by atoms with van der Waals surface area (Å²) < 4.78 is 14.7. The molecule has 1 unspecified atom stereocenters. The van der Waals surface area contributed by atoms with Gasteiger partial charge in [-0.3, -0.25) is 19.6 Å². The van der Waals surface area contributed by atoms with Crippen LogP contribution in [0.3, 0.4) is 0 Å². The second-order valence-corrected chi connectivity index (χ2v) is 4.55. The van der Waals surface area contributed by atoms with Gasteiger partial charge in [0.2, 0.25) is 5.91 Å². The molecule has 7 nitrogen and oxygen atoms in total. The lowest BCUT2D eigenvalue weighted by atomic mass is 10.1. The van der Waals surface area contributed by atoms with Crippen LogP contribution in [0, 0.1) is 21.8 Å². The van der Waals surface area contributed by atoms with E-state index in [0.29, 0.717) is 0 Å². The van der Waals surface area contributed by atoms with E-state index in [1.807, 2.05) is 0 Å². The number of carbonyl (C=O) groups excluding carboxylic acids is 1. The van der Waals surface area contributed by atoms with Crippen LogP contribution in [-0.4, -0.2) is 20.6 Å². The molecule has 1 amide bonds. The standard InChI is InChI=1S/C13H13FN4O3/c1-9(7-17-8-10(6-15-17)18(20)21)13(19)16-12-5-3-2-4-11(12)14/h2-6,8-9H,7H2,1H3,(H,16,19). The van der Waals surface area contributed by atoms with Gasteiger partial charge in [0.05, 0.1) is 23.1 Å². The predicted molar refractivity (Wildman–Crippen MR) is 73.1 cm³/mol. The number of hydrogen-bond donors (Lipinski definition) is 1. The summed E-state index contributed by atoms with van der Waals surface area (Å²) >= 11 is 0. The maximum Gasteiger partial charge on any atom is 0.306 e. The first-order chi connectivity index (χ1) is 9.97. The van der Waals surface area contributed by atoms with Gasteiger partial charge in [-0.05, 0) is 12.1 Å². The van der Waals surface area contributed by atoms with Gasteiger partial charge in [-0.15, -0.1) is 0 Å². The number of para-hydroxylation sites is 1. The van der Waals surface area contributed by atoms with Crippen LogP contribution < -0.4 is 5.32 Å². The molecule has 8 heteroatoms. The highest BCUT2D eigenvalue weighted by Gasteiger charge is 2.17. The van der Waals surface area contributed by atoms with Gasteiger partial charge < -0.3 is 5.32 Å². The van der Waals surface area contributed by atoms with Crippen molar-refractivity contribution in [1.82, 2.24) is 9.78 Å². The van der Waals surface area contributed by atoms with E-state index in [2.05, 4.69) is 10.4 Å². The number of anilines is 1. The van der Waals surface area contributed by atoms with Crippen molar-refractivity contribution in [2.45, 2.75) is 13.5 Å². The quantitative estimate of drug-likeness (QED) is 0.675. The fraction of sp³-hybridized carbons (Fsp3) is 0.231. The van der Waals surface area contributed by atoms with Gasteiger partial charge in [0.1, 0.15) is 18.2 Å². The van der Waals surface area contributed by atoms with Crippen molar-refractivity contribution in [3.05, 3.63) is 52.6 Å². The van der Waals surface area contributed by atoms with Crippen LogP contribution in [0.4, 0.5) is 15.8 Å². The monoisotopic (exact) mass is 292 g/mol. The van der Waals surface area contributed by atoms with Gasteiger partial charge in [0.25, 0.3) is 0 Å². The Labute approximate surface area is 119 Å². The predicted octanol–water partition coefficient (Wildman–Crippen LogP) is 2.21. The van der Waals surface area contributed by atoms with E-state index in [-0.39, 0.29) is 17.9 Å².